The number of hydrogen-bond acceptors (Lipinski definition) is 5. The predicted molar refractivity (Wildman–Crippen MR) is 113 cm³/mol. The SMILES string of the molecule is Cc1ccc([C@@H](CN2CCOCC2)NC(=O)C[C@@H]2Oc3ccccc3NC2=O)cc1. The lowest BCUT2D eigenvalue weighted by Gasteiger charge is -2.31. The van der Waals surface area contributed by atoms with Crippen LogP contribution in [0.3, 0.4) is 0 Å². The molecule has 0 unspecified atom stereocenters. The molecule has 7 heteroatoms. The third kappa shape index (κ3) is 4.98. The largest absolute Gasteiger partial charge is 0.478 e. The van der Waals surface area contributed by atoms with Crippen molar-refractivity contribution in [2.45, 2.75) is 25.5 Å². The number of anilines is 1. The summed E-state index contributed by atoms with van der Waals surface area (Å²) < 4.78 is 11.2. The average molecular weight is 409 g/mol. The van der Waals surface area contributed by atoms with E-state index < -0.39 is 6.10 Å². The molecule has 2 aromatic carbocycles. The summed E-state index contributed by atoms with van der Waals surface area (Å²) in [6.07, 6.45) is -0.881. The van der Waals surface area contributed by atoms with Crippen LogP contribution in [-0.2, 0) is 14.3 Å². The van der Waals surface area contributed by atoms with Crippen LogP contribution in [-0.4, -0.2) is 55.7 Å². The van der Waals surface area contributed by atoms with Gasteiger partial charge in [-0.25, -0.2) is 0 Å². The number of carbonyl (C=O) groups excluding carboxylic acids is 2. The molecule has 30 heavy (non-hydrogen) atoms. The van der Waals surface area contributed by atoms with Gasteiger partial charge in [0.05, 0.1) is 31.4 Å². The smallest absolute Gasteiger partial charge is 0.266 e. The number of morpholine rings is 1. The molecule has 4 rings (SSSR count). The van der Waals surface area contributed by atoms with E-state index >= 15 is 0 Å². The van der Waals surface area contributed by atoms with Gasteiger partial charge in [-0.05, 0) is 24.6 Å². The molecule has 0 aliphatic carbocycles. The van der Waals surface area contributed by atoms with E-state index in [0.29, 0.717) is 31.2 Å². The maximum absolute atomic E-state index is 12.8. The van der Waals surface area contributed by atoms with E-state index in [-0.39, 0.29) is 24.3 Å². The van der Waals surface area contributed by atoms with Crippen LogP contribution < -0.4 is 15.4 Å². The minimum atomic E-state index is -0.845. The molecule has 1 saturated heterocycles. The number of hydrogen-bond donors (Lipinski definition) is 2. The second-order valence-corrected chi connectivity index (χ2v) is 7.74. The Balaban J connectivity index is 1.43. The summed E-state index contributed by atoms with van der Waals surface area (Å²) in [6, 6.07) is 15.2. The van der Waals surface area contributed by atoms with E-state index in [2.05, 4.69) is 15.5 Å². The predicted octanol–water partition coefficient (Wildman–Crippen LogP) is 2.27. The molecule has 2 N–H and O–H groups in total. The highest BCUT2D eigenvalue weighted by molar-refractivity contribution is 5.99. The van der Waals surface area contributed by atoms with Gasteiger partial charge in [-0.3, -0.25) is 14.5 Å². The molecule has 158 valence electrons. The maximum atomic E-state index is 12.8. The molecule has 1 fully saturated rings. The van der Waals surface area contributed by atoms with E-state index in [1.807, 2.05) is 43.3 Å². The molecule has 2 atom stereocenters. The fourth-order valence-electron chi connectivity index (χ4n) is 3.72. The van der Waals surface area contributed by atoms with E-state index in [4.69, 9.17) is 9.47 Å². The van der Waals surface area contributed by atoms with Crippen LogP contribution in [0, 0.1) is 6.92 Å². The quantitative estimate of drug-likeness (QED) is 0.765. The van der Waals surface area contributed by atoms with Crippen molar-refractivity contribution >= 4 is 17.5 Å². The van der Waals surface area contributed by atoms with Crippen molar-refractivity contribution in [2.24, 2.45) is 0 Å². The van der Waals surface area contributed by atoms with E-state index in [9.17, 15) is 9.59 Å². The molecule has 0 saturated carbocycles. The zero-order valence-corrected chi connectivity index (χ0v) is 17.1. The molecular formula is C23H27N3O4. The molecule has 0 aromatic heterocycles. The number of ether oxygens (including phenoxy) is 2. The van der Waals surface area contributed by atoms with Crippen LogP contribution in [0.25, 0.3) is 0 Å². The molecule has 7 nitrogen and oxygen atoms in total. The number of amides is 2. The first-order valence-electron chi connectivity index (χ1n) is 10.3. The van der Waals surface area contributed by atoms with Gasteiger partial charge in [0.15, 0.2) is 6.10 Å². The monoisotopic (exact) mass is 409 g/mol. The third-order valence-electron chi connectivity index (χ3n) is 5.44. The lowest BCUT2D eigenvalue weighted by molar-refractivity contribution is -0.131. The van der Waals surface area contributed by atoms with Gasteiger partial charge in [0.2, 0.25) is 5.91 Å². The number of nitrogens with one attached hydrogen (secondary N) is 2. The Hall–Kier alpha value is -2.90. The fourth-order valence-corrected chi connectivity index (χ4v) is 3.72. The van der Waals surface area contributed by atoms with E-state index in [1.165, 1.54) is 5.56 Å². The molecule has 2 aromatic rings. The minimum absolute atomic E-state index is 0.0361. The summed E-state index contributed by atoms with van der Waals surface area (Å²) in [4.78, 5) is 27.5. The summed E-state index contributed by atoms with van der Waals surface area (Å²) in [5.41, 5.74) is 2.84. The Morgan fingerprint density at radius 2 is 1.90 bits per heavy atom. The number of benzene rings is 2. The van der Waals surface area contributed by atoms with Gasteiger partial charge in [0.25, 0.3) is 5.91 Å². The zero-order valence-electron chi connectivity index (χ0n) is 17.1. The number of nitrogens with zero attached hydrogens (tertiary/aromatic N) is 1. The van der Waals surface area contributed by atoms with Crippen molar-refractivity contribution in [3.8, 4) is 5.75 Å². The zero-order chi connectivity index (χ0) is 20.9. The van der Waals surface area contributed by atoms with Crippen LogP contribution in [0.2, 0.25) is 0 Å². The normalized spacial score (nSPS) is 19.9. The van der Waals surface area contributed by atoms with Gasteiger partial charge in [-0.15, -0.1) is 0 Å². The molecule has 0 bridgehead atoms. The number of aryl methyl sites for hydroxylation is 1. The van der Waals surface area contributed by atoms with Crippen molar-refractivity contribution in [3.05, 3.63) is 59.7 Å². The van der Waals surface area contributed by atoms with Gasteiger partial charge < -0.3 is 20.1 Å². The highest BCUT2D eigenvalue weighted by Crippen LogP contribution is 2.29. The van der Waals surface area contributed by atoms with Gasteiger partial charge in [0.1, 0.15) is 5.75 Å². The second-order valence-electron chi connectivity index (χ2n) is 7.74. The molecule has 0 spiro atoms. The first kappa shape index (κ1) is 20.4. The summed E-state index contributed by atoms with van der Waals surface area (Å²) in [6.45, 7) is 5.80. The summed E-state index contributed by atoms with van der Waals surface area (Å²) in [5, 5.41) is 5.92. The number of carbonyl (C=O) groups is 2. The van der Waals surface area contributed by atoms with E-state index in [1.54, 1.807) is 12.1 Å². The lowest BCUT2D eigenvalue weighted by Crippen LogP contribution is -2.45. The van der Waals surface area contributed by atoms with Crippen molar-refractivity contribution in [2.75, 3.05) is 38.2 Å². The standard InChI is InChI=1S/C23H27N3O4/c1-16-6-8-17(9-7-16)19(15-26-10-12-29-13-11-26)24-22(27)14-21-23(28)25-18-4-2-3-5-20(18)30-21/h2-9,19,21H,10-15H2,1H3,(H,24,27)(H,25,28)/t19-,21+/m1/s1. The molecule has 2 aliphatic heterocycles. The average Bonchev–Trinajstić information content (AvgIpc) is 2.75. The van der Waals surface area contributed by atoms with Gasteiger partial charge in [-0.2, -0.15) is 0 Å². The van der Waals surface area contributed by atoms with Gasteiger partial charge in [-0.1, -0.05) is 42.0 Å². The Kier molecular flexibility index (Phi) is 6.30. The van der Waals surface area contributed by atoms with Crippen molar-refractivity contribution < 1.29 is 19.1 Å². The third-order valence-corrected chi connectivity index (χ3v) is 5.44. The summed E-state index contributed by atoms with van der Waals surface area (Å²) in [5.74, 6) is 0.0654. The first-order valence-corrected chi connectivity index (χ1v) is 10.3. The minimum Gasteiger partial charge on any atom is -0.478 e. The molecule has 2 amide bonds. The molecule has 2 aliphatic rings. The van der Waals surface area contributed by atoms with E-state index in [0.717, 1.165) is 18.7 Å². The highest BCUT2D eigenvalue weighted by atomic mass is 16.5. The number of fused-ring (bicyclic) bond motifs is 1. The maximum Gasteiger partial charge on any atom is 0.266 e. The van der Waals surface area contributed by atoms with Crippen LogP contribution in [0.4, 0.5) is 5.69 Å². The highest BCUT2D eigenvalue weighted by Gasteiger charge is 2.30. The Morgan fingerprint density at radius 3 is 2.67 bits per heavy atom. The van der Waals surface area contributed by atoms with Crippen LogP contribution >= 0.6 is 0 Å². The van der Waals surface area contributed by atoms with Gasteiger partial charge in [0, 0.05) is 19.6 Å². The summed E-state index contributed by atoms with van der Waals surface area (Å²) >= 11 is 0. The van der Waals surface area contributed by atoms with Crippen LogP contribution in [0.15, 0.2) is 48.5 Å². The Labute approximate surface area is 176 Å². The van der Waals surface area contributed by atoms with Crippen molar-refractivity contribution in [1.29, 1.82) is 0 Å². The van der Waals surface area contributed by atoms with Crippen molar-refractivity contribution in [3.63, 3.8) is 0 Å². The van der Waals surface area contributed by atoms with Crippen molar-refractivity contribution in [1.82, 2.24) is 10.2 Å². The lowest BCUT2D eigenvalue weighted by atomic mass is 10.0. The van der Waals surface area contributed by atoms with Gasteiger partial charge >= 0.3 is 0 Å². The number of para-hydroxylation sites is 2. The topological polar surface area (TPSA) is 79.9 Å². The van der Waals surface area contributed by atoms with Crippen LogP contribution in [0.1, 0.15) is 23.6 Å². The molecule has 0 radical (unpaired) electrons. The second kappa shape index (κ2) is 9.28. The number of rotatable bonds is 6. The Morgan fingerprint density at radius 1 is 1.17 bits per heavy atom. The Bertz CT molecular complexity index is 894. The summed E-state index contributed by atoms with van der Waals surface area (Å²) in [7, 11) is 0. The molecular weight excluding hydrogens is 382 g/mol. The first-order chi connectivity index (χ1) is 14.6. The molecule has 2 heterocycles. The fraction of sp³-hybridized carbons (Fsp3) is 0.391. The van der Waals surface area contributed by atoms with Crippen LogP contribution in [0.5, 0.6) is 5.75 Å².